The molecule has 4 saturated carbocycles. The smallest absolute Gasteiger partial charge is 0.369 e. The van der Waals surface area contributed by atoms with Crippen LogP contribution in [0, 0.1) is 17.8 Å². The third-order valence-corrected chi connectivity index (χ3v) is 8.21. The van der Waals surface area contributed by atoms with Crippen molar-refractivity contribution in [2.75, 3.05) is 31.1 Å². The van der Waals surface area contributed by atoms with Crippen molar-refractivity contribution in [2.24, 2.45) is 17.8 Å². The lowest BCUT2D eigenvalue weighted by molar-refractivity contribution is -0.137. The molecule has 7 heteroatoms. The number of carbonyl (C=O) groups excluding carboxylic acids is 1. The zero-order valence-electron chi connectivity index (χ0n) is 18.1. The molecule has 1 aromatic rings. The first kappa shape index (κ1) is 21.1. The van der Waals surface area contributed by atoms with Crippen LogP contribution >= 0.6 is 0 Å². The Morgan fingerprint density at radius 1 is 1.03 bits per heavy atom. The summed E-state index contributed by atoms with van der Waals surface area (Å²) in [6, 6.07) is 5.31. The van der Waals surface area contributed by atoms with Crippen LogP contribution in [0.1, 0.15) is 51.0 Å². The Hall–Kier alpha value is -1.76. The SMILES string of the molecule is C[C@@H](C(=O)NC12CC3CC(CC(C3)C1)C2)N1CCN(c2cccc(C(F)(F)F)c2)CC1. The molecule has 1 N–H and O–H groups in total. The van der Waals surface area contributed by atoms with Crippen LogP contribution in [0.2, 0.25) is 0 Å². The minimum Gasteiger partial charge on any atom is -0.369 e. The maximum absolute atomic E-state index is 13.1. The first-order chi connectivity index (χ1) is 14.7. The van der Waals surface area contributed by atoms with Crippen molar-refractivity contribution >= 4 is 11.6 Å². The standard InChI is InChI=1S/C24H32F3N3O/c1-16(22(31)28-23-13-17-9-18(14-23)11-19(10-17)15-23)29-5-7-30(8-6-29)21-4-2-3-20(12-21)24(25,26)27/h2-4,12,16-19H,5-11,13-15H2,1H3,(H,28,31)/t16-,17?,18?,19?,23?/m0/s1. The molecule has 0 radical (unpaired) electrons. The molecule has 5 fully saturated rings. The van der Waals surface area contributed by atoms with E-state index >= 15 is 0 Å². The minimum atomic E-state index is -4.33. The van der Waals surface area contributed by atoms with Crippen LogP contribution in [0.5, 0.6) is 0 Å². The van der Waals surface area contributed by atoms with E-state index < -0.39 is 11.7 Å². The van der Waals surface area contributed by atoms with Crippen molar-refractivity contribution in [1.29, 1.82) is 0 Å². The fourth-order valence-electron chi connectivity index (χ4n) is 7.04. The third-order valence-electron chi connectivity index (χ3n) is 8.21. The summed E-state index contributed by atoms with van der Waals surface area (Å²) in [5, 5.41) is 3.47. The molecule has 4 aliphatic carbocycles. The van der Waals surface area contributed by atoms with Gasteiger partial charge < -0.3 is 10.2 Å². The average Bonchev–Trinajstić information content (AvgIpc) is 2.71. The Kier molecular flexibility index (Phi) is 5.23. The lowest BCUT2D eigenvalue weighted by atomic mass is 9.53. The van der Waals surface area contributed by atoms with E-state index in [-0.39, 0.29) is 17.5 Å². The maximum Gasteiger partial charge on any atom is 0.416 e. The van der Waals surface area contributed by atoms with Gasteiger partial charge in [-0.25, -0.2) is 0 Å². The number of benzene rings is 1. The summed E-state index contributed by atoms with van der Waals surface area (Å²) in [5.74, 6) is 2.49. The second-order valence-electron chi connectivity index (χ2n) is 10.4. The lowest BCUT2D eigenvalue weighted by Crippen LogP contribution is -2.63. The zero-order chi connectivity index (χ0) is 21.8. The van der Waals surface area contributed by atoms with Crippen LogP contribution in [0.25, 0.3) is 0 Å². The summed E-state index contributed by atoms with van der Waals surface area (Å²) in [7, 11) is 0. The molecular weight excluding hydrogens is 403 g/mol. The predicted octanol–water partition coefficient (Wildman–Crippen LogP) is 4.30. The Morgan fingerprint density at radius 3 is 2.16 bits per heavy atom. The minimum absolute atomic E-state index is 0.0138. The summed E-state index contributed by atoms with van der Waals surface area (Å²) < 4.78 is 39.1. The van der Waals surface area contributed by atoms with Crippen LogP contribution < -0.4 is 10.2 Å². The summed E-state index contributed by atoms with van der Waals surface area (Å²) in [5.41, 5.74) is -0.00385. The van der Waals surface area contributed by atoms with E-state index in [0.717, 1.165) is 43.1 Å². The fourth-order valence-corrected chi connectivity index (χ4v) is 7.04. The van der Waals surface area contributed by atoms with Gasteiger partial charge in [0.15, 0.2) is 0 Å². The number of nitrogens with zero attached hydrogens (tertiary/aromatic N) is 2. The molecule has 1 heterocycles. The molecule has 0 unspecified atom stereocenters. The van der Waals surface area contributed by atoms with Crippen molar-refractivity contribution in [3.8, 4) is 0 Å². The highest BCUT2D eigenvalue weighted by molar-refractivity contribution is 5.82. The van der Waals surface area contributed by atoms with Gasteiger partial charge in [-0.3, -0.25) is 9.69 Å². The van der Waals surface area contributed by atoms with Crippen molar-refractivity contribution < 1.29 is 18.0 Å². The molecule has 0 spiro atoms. The molecule has 6 rings (SSSR count). The molecule has 1 amide bonds. The monoisotopic (exact) mass is 435 g/mol. The number of nitrogens with one attached hydrogen (secondary N) is 1. The zero-order valence-corrected chi connectivity index (χ0v) is 18.1. The number of hydrogen-bond acceptors (Lipinski definition) is 3. The maximum atomic E-state index is 13.1. The van der Waals surface area contributed by atoms with E-state index in [0.29, 0.717) is 31.9 Å². The number of alkyl halides is 3. The summed E-state index contributed by atoms with van der Waals surface area (Å²) in [6.45, 7) is 4.56. The van der Waals surface area contributed by atoms with Crippen LogP contribution in [0.4, 0.5) is 18.9 Å². The first-order valence-electron chi connectivity index (χ1n) is 11.7. The van der Waals surface area contributed by atoms with E-state index in [1.165, 1.54) is 31.4 Å². The number of anilines is 1. The van der Waals surface area contributed by atoms with Crippen LogP contribution in [0.15, 0.2) is 24.3 Å². The van der Waals surface area contributed by atoms with Crippen LogP contribution in [0.3, 0.4) is 0 Å². The molecule has 1 saturated heterocycles. The highest BCUT2D eigenvalue weighted by Gasteiger charge is 2.51. The molecule has 170 valence electrons. The van der Waals surface area contributed by atoms with Gasteiger partial charge in [0, 0.05) is 37.4 Å². The van der Waals surface area contributed by atoms with Gasteiger partial charge in [-0.1, -0.05) is 6.07 Å². The second kappa shape index (κ2) is 7.68. The van der Waals surface area contributed by atoms with Crippen molar-refractivity contribution in [3.63, 3.8) is 0 Å². The number of hydrogen-bond donors (Lipinski definition) is 1. The lowest BCUT2D eigenvalue weighted by Gasteiger charge is -2.57. The summed E-state index contributed by atoms with van der Waals surface area (Å²) in [4.78, 5) is 17.3. The van der Waals surface area contributed by atoms with Gasteiger partial charge in [-0.05, 0) is 81.4 Å². The Labute approximate surface area is 182 Å². The Balaban J connectivity index is 1.18. The quantitative estimate of drug-likeness (QED) is 0.766. The van der Waals surface area contributed by atoms with Gasteiger partial charge in [0.2, 0.25) is 5.91 Å². The largest absolute Gasteiger partial charge is 0.416 e. The molecule has 4 bridgehead atoms. The number of rotatable bonds is 4. The average molecular weight is 436 g/mol. The summed E-state index contributed by atoms with van der Waals surface area (Å²) in [6.07, 6.45) is 3.14. The summed E-state index contributed by atoms with van der Waals surface area (Å²) >= 11 is 0. The molecule has 4 nitrogen and oxygen atoms in total. The molecule has 1 aromatic carbocycles. The molecule has 5 aliphatic rings. The van der Waals surface area contributed by atoms with Gasteiger partial charge in [0.25, 0.3) is 0 Å². The topological polar surface area (TPSA) is 35.6 Å². The van der Waals surface area contributed by atoms with Crippen LogP contribution in [-0.2, 0) is 11.0 Å². The van der Waals surface area contributed by atoms with Crippen molar-refractivity contribution in [3.05, 3.63) is 29.8 Å². The van der Waals surface area contributed by atoms with E-state index in [2.05, 4.69) is 10.2 Å². The van der Waals surface area contributed by atoms with E-state index in [1.54, 1.807) is 6.07 Å². The molecule has 31 heavy (non-hydrogen) atoms. The van der Waals surface area contributed by atoms with Gasteiger partial charge >= 0.3 is 6.18 Å². The Morgan fingerprint density at radius 2 is 1.61 bits per heavy atom. The second-order valence-corrected chi connectivity index (χ2v) is 10.4. The third kappa shape index (κ3) is 4.18. The van der Waals surface area contributed by atoms with Gasteiger partial charge in [0.05, 0.1) is 11.6 Å². The normalized spacial score (nSPS) is 34.1. The van der Waals surface area contributed by atoms with E-state index in [9.17, 15) is 18.0 Å². The number of halogens is 3. The molecule has 1 atom stereocenters. The molecule has 0 aromatic heterocycles. The van der Waals surface area contributed by atoms with Crippen molar-refractivity contribution in [1.82, 2.24) is 10.2 Å². The highest BCUT2D eigenvalue weighted by atomic mass is 19.4. The fraction of sp³-hybridized carbons (Fsp3) is 0.708. The van der Waals surface area contributed by atoms with E-state index in [1.807, 2.05) is 11.8 Å². The van der Waals surface area contributed by atoms with Gasteiger partial charge in [-0.15, -0.1) is 0 Å². The van der Waals surface area contributed by atoms with Gasteiger partial charge in [0.1, 0.15) is 0 Å². The number of amides is 1. The van der Waals surface area contributed by atoms with E-state index in [4.69, 9.17) is 0 Å². The highest BCUT2D eigenvalue weighted by Crippen LogP contribution is 2.55. The first-order valence-corrected chi connectivity index (χ1v) is 11.7. The predicted molar refractivity (Wildman–Crippen MR) is 114 cm³/mol. The van der Waals surface area contributed by atoms with Crippen LogP contribution in [-0.4, -0.2) is 48.6 Å². The van der Waals surface area contributed by atoms with Crippen molar-refractivity contribution in [2.45, 2.75) is 63.2 Å². The Bertz CT molecular complexity index is 796. The molecule has 1 aliphatic heterocycles. The molecular formula is C24H32F3N3O. The number of carbonyl (C=O) groups is 1. The van der Waals surface area contributed by atoms with Gasteiger partial charge in [-0.2, -0.15) is 13.2 Å². The number of piperazine rings is 1.